The van der Waals surface area contributed by atoms with E-state index >= 15 is 0 Å². The molecule has 0 atom stereocenters. The van der Waals surface area contributed by atoms with Crippen molar-refractivity contribution in [2.75, 3.05) is 18.5 Å². The number of nitrogens with zero attached hydrogens (tertiary/aromatic N) is 1. The first-order chi connectivity index (χ1) is 9.44. The van der Waals surface area contributed by atoms with Crippen LogP contribution in [0.5, 0.6) is 0 Å². The summed E-state index contributed by atoms with van der Waals surface area (Å²) in [5.74, 6) is -1.02. The lowest BCUT2D eigenvalue weighted by atomic mass is 9.89. The van der Waals surface area contributed by atoms with Gasteiger partial charge in [-0.1, -0.05) is 0 Å². The number of nitro groups is 1. The highest BCUT2D eigenvalue weighted by atomic mass is 127. The van der Waals surface area contributed by atoms with E-state index in [2.05, 4.69) is 5.32 Å². The molecule has 0 spiro atoms. The quantitative estimate of drug-likeness (QED) is 0.463. The summed E-state index contributed by atoms with van der Waals surface area (Å²) in [4.78, 5) is 22.1. The number of rotatable bonds is 4. The molecule has 1 fully saturated rings. The van der Waals surface area contributed by atoms with Crippen molar-refractivity contribution in [3.05, 3.63) is 31.9 Å². The fourth-order valence-electron chi connectivity index (χ4n) is 2.13. The van der Waals surface area contributed by atoms with Crippen molar-refractivity contribution in [1.29, 1.82) is 0 Å². The van der Waals surface area contributed by atoms with E-state index < -0.39 is 16.4 Å². The van der Waals surface area contributed by atoms with Gasteiger partial charge in [-0.25, -0.2) is 4.79 Å². The summed E-state index contributed by atoms with van der Waals surface area (Å²) < 4.78 is 5.89. The van der Waals surface area contributed by atoms with Crippen molar-refractivity contribution in [2.24, 2.45) is 0 Å². The van der Waals surface area contributed by atoms with E-state index in [-0.39, 0.29) is 24.2 Å². The van der Waals surface area contributed by atoms with E-state index in [1.165, 1.54) is 6.07 Å². The Labute approximate surface area is 128 Å². The van der Waals surface area contributed by atoms with Gasteiger partial charge in [-0.3, -0.25) is 10.1 Å². The molecule has 0 unspecified atom stereocenters. The minimum absolute atomic E-state index is 0.121. The van der Waals surface area contributed by atoms with Crippen LogP contribution in [0.4, 0.5) is 11.4 Å². The number of nitrogens with one attached hydrogen (secondary N) is 1. The minimum Gasteiger partial charge on any atom is -0.480 e. The van der Waals surface area contributed by atoms with Crippen LogP contribution < -0.4 is 5.32 Å². The average Bonchev–Trinajstić information content (AvgIpc) is 2.41. The lowest BCUT2D eigenvalue weighted by Gasteiger charge is -2.34. The molecule has 0 aliphatic carbocycles. The van der Waals surface area contributed by atoms with Crippen LogP contribution in [0, 0.1) is 13.7 Å². The Morgan fingerprint density at radius 2 is 2.10 bits per heavy atom. The van der Waals surface area contributed by atoms with Gasteiger partial charge in [0, 0.05) is 35.7 Å². The zero-order valence-electron chi connectivity index (χ0n) is 10.5. The van der Waals surface area contributed by atoms with Crippen molar-refractivity contribution >= 4 is 39.9 Å². The SMILES string of the molecule is O=C(O)C1(Nc2ccc(I)cc2[N+](=O)[O-])CCOCC1. The Morgan fingerprint density at radius 3 is 2.65 bits per heavy atom. The zero-order valence-corrected chi connectivity index (χ0v) is 12.6. The van der Waals surface area contributed by atoms with Crippen LogP contribution in [0.2, 0.25) is 0 Å². The third kappa shape index (κ3) is 3.01. The number of benzene rings is 1. The number of carbonyl (C=O) groups is 1. The number of hydrogen-bond acceptors (Lipinski definition) is 5. The number of nitro benzene ring substituents is 1. The number of carboxylic acids is 1. The second-order valence-corrected chi connectivity index (χ2v) is 5.79. The molecule has 1 aromatic rings. The average molecular weight is 392 g/mol. The smallest absolute Gasteiger partial charge is 0.329 e. The van der Waals surface area contributed by atoms with E-state index in [0.717, 1.165) is 3.57 Å². The Morgan fingerprint density at radius 1 is 1.45 bits per heavy atom. The molecule has 1 heterocycles. The predicted octanol–water partition coefficient (Wildman–Crippen LogP) is 2.25. The third-order valence-corrected chi connectivity index (χ3v) is 3.96. The molecule has 0 amide bonds. The highest BCUT2D eigenvalue weighted by Gasteiger charge is 2.41. The molecule has 1 aliphatic heterocycles. The second kappa shape index (κ2) is 5.92. The van der Waals surface area contributed by atoms with Gasteiger partial charge in [-0.05, 0) is 34.7 Å². The Hall–Kier alpha value is -1.42. The lowest BCUT2D eigenvalue weighted by Crippen LogP contribution is -2.50. The maximum absolute atomic E-state index is 11.5. The Balaban J connectivity index is 2.36. The number of aliphatic carboxylic acids is 1. The molecular formula is C12H13IN2O5. The van der Waals surface area contributed by atoms with Gasteiger partial charge in [-0.2, -0.15) is 0 Å². The molecule has 2 rings (SSSR count). The lowest BCUT2D eigenvalue weighted by molar-refractivity contribution is -0.384. The molecule has 20 heavy (non-hydrogen) atoms. The van der Waals surface area contributed by atoms with Crippen LogP contribution in [0.1, 0.15) is 12.8 Å². The fourth-order valence-corrected chi connectivity index (χ4v) is 2.61. The normalized spacial score (nSPS) is 17.4. The summed E-state index contributed by atoms with van der Waals surface area (Å²) in [6, 6.07) is 4.66. The van der Waals surface area contributed by atoms with E-state index in [4.69, 9.17) is 4.74 Å². The Kier molecular flexibility index (Phi) is 4.43. The maximum atomic E-state index is 11.5. The van der Waals surface area contributed by atoms with Crippen molar-refractivity contribution in [3.63, 3.8) is 0 Å². The highest BCUT2D eigenvalue weighted by Crippen LogP contribution is 2.32. The van der Waals surface area contributed by atoms with E-state index in [0.29, 0.717) is 13.2 Å². The van der Waals surface area contributed by atoms with E-state index in [1.807, 2.05) is 22.6 Å². The van der Waals surface area contributed by atoms with Crippen molar-refractivity contribution in [1.82, 2.24) is 0 Å². The van der Waals surface area contributed by atoms with Gasteiger partial charge in [0.1, 0.15) is 11.2 Å². The topological polar surface area (TPSA) is 102 Å². The van der Waals surface area contributed by atoms with Crippen LogP contribution in [0.3, 0.4) is 0 Å². The maximum Gasteiger partial charge on any atom is 0.329 e. The molecule has 7 nitrogen and oxygen atoms in total. The molecule has 1 saturated heterocycles. The molecule has 108 valence electrons. The van der Waals surface area contributed by atoms with Gasteiger partial charge in [0.25, 0.3) is 5.69 Å². The van der Waals surface area contributed by atoms with Crippen LogP contribution in [0.15, 0.2) is 18.2 Å². The van der Waals surface area contributed by atoms with Crippen LogP contribution >= 0.6 is 22.6 Å². The number of halogens is 1. The summed E-state index contributed by atoms with van der Waals surface area (Å²) in [5.41, 5.74) is -1.11. The number of carboxylic acid groups (broad SMARTS) is 1. The van der Waals surface area contributed by atoms with Crippen molar-refractivity contribution in [2.45, 2.75) is 18.4 Å². The molecule has 0 aromatic heterocycles. The molecule has 0 saturated carbocycles. The summed E-state index contributed by atoms with van der Waals surface area (Å²) in [6.45, 7) is 0.634. The summed E-state index contributed by atoms with van der Waals surface area (Å²) >= 11 is 1.97. The minimum atomic E-state index is -1.21. The standard InChI is InChI=1S/C12H13IN2O5/c13-8-1-2-9(10(7-8)15(18)19)14-12(11(16)17)3-5-20-6-4-12/h1-2,7,14H,3-6H2,(H,16,17). The fraction of sp³-hybridized carbons (Fsp3) is 0.417. The molecule has 1 aliphatic rings. The molecule has 8 heteroatoms. The molecule has 0 radical (unpaired) electrons. The molecule has 0 bridgehead atoms. The van der Waals surface area contributed by atoms with Gasteiger partial charge in [0.15, 0.2) is 0 Å². The number of ether oxygens (including phenoxy) is 1. The predicted molar refractivity (Wildman–Crippen MR) is 79.9 cm³/mol. The third-order valence-electron chi connectivity index (χ3n) is 3.29. The van der Waals surface area contributed by atoms with Gasteiger partial charge in [0.05, 0.1) is 4.92 Å². The monoisotopic (exact) mass is 392 g/mol. The summed E-state index contributed by atoms with van der Waals surface area (Å²) in [5, 5.41) is 23.4. The second-order valence-electron chi connectivity index (χ2n) is 4.54. The van der Waals surface area contributed by atoms with Gasteiger partial charge in [0.2, 0.25) is 0 Å². The largest absolute Gasteiger partial charge is 0.480 e. The molecule has 1 aromatic carbocycles. The summed E-state index contributed by atoms with van der Waals surface area (Å²) in [6.07, 6.45) is 0.539. The van der Waals surface area contributed by atoms with Gasteiger partial charge in [-0.15, -0.1) is 0 Å². The zero-order chi connectivity index (χ0) is 14.8. The van der Waals surface area contributed by atoms with E-state index in [1.54, 1.807) is 12.1 Å². The number of anilines is 1. The molecular weight excluding hydrogens is 379 g/mol. The number of hydrogen-bond donors (Lipinski definition) is 2. The van der Waals surface area contributed by atoms with Crippen LogP contribution in [-0.2, 0) is 9.53 Å². The molecule has 2 N–H and O–H groups in total. The van der Waals surface area contributed by atoms with Gasteiger partial charge >= 0.3 is 5.97 Å². The van der Waals surface area contributed by atoms with Crippen molar-refractivity contribution in [3.8, 4) is 0 Å². The summed E-state index contributed by atoms with van der Waals surface area (Å²) in [7, 11) is 0. The first kappa shape index (κ1) is 15.0. The highest BCUT2D eigenvalue weighted by molar-refractivity contribution is 14.1. The first-order valence-corrected chi connectivity index (χ1v) is 7.06. The Bertz CT molecular complexity index is 543. The van der Waals surface area contributed by atoms with Crippen molar-refractivity contribution < 1.29 is 19.6 Å². The van der Waals surface area contributed by atoms with Crippen LogP contribution in [0.25, 0.3) is 0 Å². The first-order valence-electron chi connectivity index (χ1n) is 5.98. The van der Waals surface area contributed by atoms with Crippen LogP contribution in [-0.4, -0.2) is 34.8 Å². The van der Waals surface area contributed by atoms with Gasteiger partial charge < -0.3 is 15.2 Å². The van der Waals surface area contributed by atoms with E-state index in [9.17, 15) is 20.0 Å².